The number of amides is 1. The molecule has 0 saturated heterocycles. The quantitative estimate of drug-likeness (QED) is 0.764. The van der Waals surface area contributed by atoms with Crippen LogP contribution >= 0.6 is 15.9 Å². The minimum atomic E-state index is -0.163. The Morgan fingerprint density at radius 3 is 2.50 bits per heavy atom. The van der Waals surface area contributed by atoms with Crippen LogP contribution in [0.25, 0.3) is 0 Å². The van der Waals surface area contributed by atoms with Crippen LogP contribution in [-0.2, 0) is 9.53 Å². The number of rotatable bonds is 6. The van der Waals surface area contributed by atoms with E-state index in [0.717, 1.165) is 12.8 Å². The van der Waals surface area contributed by atoms with Crippen LogP contribution < -0.4 is 5.32 Å². The molecule has 1 rings (SSSR count). The van der Waals surface area contributed by atoms with Gasteiger partial charge in [-0.3, -0.25) is 4.79 Å². The van der Waals surface area contributed by atoms with Crippen molar-refractivity contribution in [1.29, 1.82) is 0 Å². The van der Waals surface area contributed by atoms with E-state index in [1.807, 2.05) is 0 Å². The first-order valence-corrected chi connectivity index (χ1v) is 6.86. The Kier molecular flexibility index (Phi) is 5.25. The van der Waals surface area contributed by atoms with Crippen LogP contribution in [0.15, 0.2) is 0 Å². The Balaban J connectivity index is 2.25. The van der Waals surface area contributed by atoms with Crippen LogP contribution in [0.4, 0.5) is 0 Å². The van der Waals surface area contributed by atoms with Gasteiger partial charge in [-0.2, -0.15) is 0 Å². The van der Waals surface area contributed by atoms with Crippen molar-refractivity contribution in [3.8, 4) is 0 Å². The van der Waals surface area contributed by atoms with Gasteiger partial charge < -0.3 is 10.1 Å². The fourth-order valence-electron chi connectivity index (χ4n) is 1.83. The van der Waals surface area contributed by atoms with Gasteiger partial charge in [-0.1, -0.05) is 29.8 Å². The number of carbonyl (C=O) groups excluding carboxylic acids is 1. The molecule has 0 bridgehead atoms. The predicted molar refractivity (Wildman–Crippen MR) is 68.8 cm³/mol. The first-order valence-electron chi connectivity index (χ1n) is 5.95. The van der Waals surface area contributed by atoms with Gasteiger partial charge in [-0.25, -0.2) is 0 Å². The summed E-state index contributed by atoms with van der Waals surface area (Å²) in [5, 5.41) is 2.96. The van der Waals surface area contributed by atoms with E-state index in [2.05, 4.69) is 35.1 Å². The number of hydrogen-bond donors (Lipinski definition) is 1. The van der Waals surface area contributed by atoms with E-state index >= 15 is 0 Å². The van der Waals surface area contributed by atoms with Crippen LogP contribution in [0.1, 0.15) is 39.5 Å². The van der Waals surface area contributed by atoms with E-state index in [1.165, 1.54) is 6.42 Å². The number of alkyl halides is 1. The third-order valence-corrected chi connectivity index (χ3v) is 4.78. The molecule has 0 aromatic heterocycles. The maximum absolute atomic E-state index is 11.7. The monoisotopic (exact) mass is 291 g/mol. The summed E-state index contributed by atoms with van der Waals surface area (Å²) >= 11 is 3.55. The second-order valence-corrected chi connectivity index (χ2v) is 6.16. The van der Waals surface area contributed by atoms with Crippen molar-refractivity contribution >= 4 is 21.8 Å². The van der Waals surface area contributed by atoms with Gasteiger partial charge >= 0.3 is 0 Å². The standard InChI is InChI=1S/C12H22BrNO2/c1-9(2)10(13)8-14-11(15)7-12(16-3)5-4-6-12/h9-10H,4-8H2,1-3H3,(H,14,15). The van der Waals surface area contributed by atoms with E-state index in [9.17, 15) is 4.79 Å². The molecular formula is C12H22BrNO2. The molecule has 0 aromatic rings. The highest BCUT2D eigenvalue weighted by atomic mass is 79.9. The van der Waals surface area contributed by atoms with Crippen LogP contribution in [0.5, 0.6) is 0 Å². The van der Waals surface area contributed by atoms with Gasteiger partial charge in [-0.15, -0.1) is 0 Å². The summed E-state index contributed by atoms with van der Waals surface area (Å²) in [6.45, 7) is 4.96. The zero-order valence-electron chi connectivity index (χ0n) is 10.4. The molecule has 1 aliphatic carbocycles. The third-order valence-electron chi connectivity index (χ3n) is 3.40. The van der Waals surface area contributed by atoms with Crippen LogP contribution in [0.3, 0.4) is 0 Å². The molecule has 1 atom stereocenters. The van der Waals surface area contributed by atoms with Crippen molar-refractivity contribution in [3.05, 3.63) is 0 Å². The molecule has 4 heteroatoms. The lowest BCUT2D eigenvalue weighted by atomic mass is 9.77. The SMILES string of the molecule is COC1(CC(=O)NCC(Br)C(C)C)CCC1. The molecule has 1 fully saturated rings. The number of nitrogens with one attached hydrogen (secondary N) is 1. The van der Waals surface area contributed by atoms with Gasteiger partial charge in [-0.05, 0) is 25.2 Å². The fraction of sp³-hybridized carbons (Fsp3) is 0.917. The second kappa shape index (κ2) is 6.01. The van der Waals surface area contributed by atoms with Crippen molar-refractivity contribution in [2.75, 3.05) is 13.7 Å². The molecule has 0 aliphatic heterocycles. The lowest BCUT2D eigenvalue weighted by Gasteiger charge is -2.40. The summed E-state index contributed by atoms with van der Waals surface area (Å²) in [6, 6.07) is 0. The lowest BCUT2D eigenvalue weighted by molar-refractivity contribution is -0.134. The number of hydrogen-bond acceptors (Lipinski definition) is 2. The normalized spacial score (nSPS) is 20.3. The first-order chi connectivity index (χ1) is 7.49. The first kappa shape index (κ1) is 14.0. The van der Waals surface area contributed by atoms with Crippen molar-refractivity contribution in [3.63, 3.8) is 0 Å². The Bertz CT molecular complexity index is 234. The highest BCUT2D eigenvalue weighted by Crippen LogP contribution is 2.37. The molecular weight excluding hydrogens is 270 g/mol. The summed E-state index contributed by atoms with van der Waals surface area (Å²) in [4.78, 5) is 12.1. The molecule has 16 heavy (non-hydrogen) atoms. The number of ether oxygens (including phenoxy) is 1. The Morgan fingerprint density at radius 1 is 1.50 bits per heavy atom. The van der Waals surface area contributed by atoms with Crippen molar-refractivity contribution in [2.45, 2.75) is 50.0 Å². The van der Waals surface area contributed by atoms with Crippen LogP contribution in [0.2, 0.25) is 0 Å². The molecule has 94 valence electrons. The molecule has 0 spiro atoms. The van der Waals surface area contributed by atoms with Gasteiger partial charge in [0, 0.05) is 18.5 Å². The summed E-state index contributed by atoms with van der Waals surface area (Å²) in [6.07, 6.45) is 3.70. The Morgan fingerprint density at radius 2 is 2.12 bits per heavy atom. The summed E-state index contributed by atoms with van der Waals surface area (Å²) in [7, 11) is 1.70. The van der Waals surface area contributed by atoms with Gasteiger partial charge in [0.15, 0.2) is 0 Å². The molecule has 0 radical (unpaired) electrons. The zero-order chi connectivity index (χ0) is 12.2. The number of methoxy groups -OCH3 is 1. The van der Waals surface area contributed by atoms with Crippen LogP contribution in [0, 0.1) is 5.92 Å². The van der Waals surface area contributed by atoms with Gasteiger partial charge in [0.1, 0.15) is 0 Å². The summed E-state index contributed by atoms with van der Waals surface area (Å²) in [5.41, 5.74) is -0.163. The van der Waals surface area contributed by atoms with Crippen molar-refractivity contribution in [2.24, 2.45) is 5.92 Å². The summed E-state index contributed by atoms with van der Waals surface area (Å²) in [5.74, 6) is 0.632. The Labute approximate surface area is 106 Å². The molecule has 3 nitrogen and oxygen atoms in total. The van der Waals surface area contributed by atoms with E-state index in [1.54, 1.807) is 7.11 Å². The number of halogens is 1. The van der Waals surface area contributed by atoms with Gasteiger partial charge in [0.25, 0.3) is 0 Å². The predicted octanol–water partition coefficient (Wildman–Crippen LogP) is 2.48. The van der Waals surface area contributed by atoms with Gasteiger partial charge in [0.2, 0.25) is 5.91 Å². The van der Waals surface area contributed by atoms with Crippen LogP contribution in [-0.4, -0.2) is 30.0 Å². The minimum absolute atomic E-state index is 0.103. The van der Waals surface area contributed by atoms with Crippen molar-refractivity contribution < 1.29 is 9.53 Å². The molecule has 1 unspecified atom stereocenters. The maximum Gasteiger partial charge on any atom is 0.222 e. The van der Waals surface area contributed by atoms with E-state index < -0.39 is 0 Å². The average Bonchev–Trinajstić information content (AvgIpc) is 2.19. The smallest absolute Gasteiger partial charge is 0.222 e. The molecule has 1 saturated carbocycles. The van der Waals surface area contributed by atoms with Crippen molar-refractivity contribution in [1.82, 2.24) is 5.32 Å². The highest BCUT2D eigenvalue weighted by molar-refractivity contribution is 9.09. The summed E-state index contributed by atoms with van der Waals surface area (Å²) < 4.78 is 5.43. The Hall–Kier alpha value is -0.0900. The van der Waals surface area contributed by atoms with E-state index in [-0.39, 0.29) is 11.5 Å². The molecule has 1 N–H and O–H groups in total. The van der Waals surface area contributed by atoms with E-state index in [0.29, 0.717) is 23.7 Å². The number of carbonyl (C=O) groups is 1. The molecule has 1 amide bonds. The van der Waals surface area contributed by atoms with Gasteiger partial charge in [0.05, 0.1) is 12.0 Å². The lowest BCUT2D eigenvalue weighted by Crippen LogP contribution is -2.44. The molecule has 1 aliphatic rings. The second-order valence-electron chi connectivity index (χ2n) is 4.98. The topological polar surface area (TPSA) is 38.3 Å². The largest absolute Gasteiger partial charge is 0.378 e. The third kappa shape index (κ3) is 3.74. The fourth-order valence-corrected chi connectivity index (χ4v) is 1.99. The average molecular weight is 292 g/mol. The maximum atomic E-state index is 11.7. The molecule has 0 heterocycles. The minimum Gasteiger partial charge on any atom is -0.378 e. The highest BCUT2D eigenvalue weighted by Gasteiger charge is 2.38. The van der Waals surface area contributed by atoms with E-state index in [4.69, 9.17) is 4.74 Å². The zero-order valence-corrected chi connectivity index (χ0v) is 12.0. The molecule has 0 aromatic carbocycles.